The van der Waals surface area contributed by atoms with E-state index in [1.807, 2.05) is 18.7 Å². The van der Waals surface area contributed by atoms with Gasteiger partial charge in [0.15, 0.2) is 0 Å². The molecule has 0 aliphatic carbocycles. The quantitative estimate of drug-likeness (QED) is 0.851. The number of aryl methyl sites for hydroxylation is 1. The Morgan fingerprint density at radius 3 is 3.06 bits per heavy atom. The third-order valence-corrected chi connectivity index (χ3v) is 4.53. The van der Waals surface area contributed by atoms with Crippen molar-refractivity contribution in [3.63, 3.8) is 0 Å². The molecule has 0 radical (unpaired) electrons. The van der Waals surface area contributed by atoms with E-state index in [2.05, 4.69) is 27.4 Å². The third kappa shape index (κ3) is 3.00. The molecule has 0 bridgehead atoms. The second-order valence-electron chi connectivity index (χ2n) is 4.54. The van der Waals surface area contributed by atoms with E-state index in [4.69, 9.17) is 0 Å². The highest BCUT2D eigenvalue weighted by Crippen LogP contribution is 2.36. The molecule has 2 heterocycles. The Labute approximate surface area is 105 Å². The lowest BCUT2D eigenvalue weighted by molar-refractivity contribution is 0.0940. The first kappa shape index (κ1) is 12.4. The Hall–Kier alpha value is -1.04. The van der Waals surface area contributed by atoms with Gasteiger partial charge in [-0.1, -0.05) is 6.92 Å². The summed E-state index contributed by atoms with van der Waals surface area (Å²) in [5.74, 6) is 1.99. The Morgan fingerprint density at radius 1 is 1.65 bits per heavy atom. The van der Waals surface area contributed by atoms with Crippen molar-refractivity contribution in [3.05, 3.63) is 11.6 Å². The lowest BCUT2D eigenvalue weighted by Crippen LogP contribution is -2.37. The van der Waals surface area contributed by atoms with Crippen LogP contribution in [-0.2, 0) is 6.42 Å². The normalized spacial score (nSPS) is 23.9. The summed E-state index contributed by atoms with van der Waals surface area (Å²) in [5, 5.41) is 9.56. The molecular weight excluding hydrogens is 236 g/mol. The second-order valence-corrected chi connectivity index (χ2v) is 6.23. The average molecular weight is 254 g/mol. The highest BCUT2D eigenvalue weighted by molar-refractivity contribution is 8.00. The number of carbonyl (C=O) groups excluding carboxylic acids is 1. The number of thioether (sulfide) groups is 1. The molecule has 1 fully saturated rings. The maximum absolute atomic E-state index is 11.8. The average Bonchev–Trinajstić information content (AvgIpc) is 2.95. The van der Waals surface area contributed by atoms with Crippen LogP contribution in [0.1, 0.15) is 43.1 Å². The highest BCUT2D eigenvalue weighted by atomic mass is 32.2. The predicted molar refractivity (Wildman–Crippen MR) is 68.2 cm³/mol. The number of hydrogen-bond acceptors (Lipinski definition) is 4. The van der Waals surface area contributed by atoms with Gasteiger partial charge in [-0.3, -0.25) is 9.89 Å². The van der Waals surface area contributed by atoms with Crippen molar-refractivity contribution >= 4 is 17.7 Å². The number of rotatable bonds is 4. The fraction of sp³-hybridized carbons (Fsp3) is 0.727. The number of aromatic amines is 1. The molecule has 2 N–H and O–H groups in total. The molecule has 1 aromatic rings. The molecule has 1 amide bonds. The van der Waals surface area contributed by atoms with Gasteiger partial charge >= 0.3 is 0 Å². The fourth-order valence-electron chi connectivity index (χ4n) is 1.88. The fourth-order valence-corrected chi connectivity index (χ4v) is 3.12. The molecule has 17 heavy (non-hydrogen) atoms. The number of amides is 1. The van der Waals surface area contributed by atoms with E-state index < -0.39 is 0 Å². The molecule has 0 aromatic carbocycles. The van der Waals surface area contributed by atoms with Gasteiger partial charge in [0.05, 0.1) is 0 Å². The summed E-state index contributed by atoms with van der Waals surface area (Å²) in [4.78, 5) is 15.9. The van der Waals surface area contributed by atoms with E-state index >= 15 is 0 Å². The number of nitrogens with zero attached hydrogens (tertiary/aromatic N) is 2. The Kier molecular flexibility index (Phi) is 3.71. The number of aromatic nitrogens is 3. The van der Waals surface area contributed by atoms with Crippen molar-refractivity contribution in [1.29, 1.82) is 0 Å². The molecule has 6 heteroatoms. The maximum atomic E-state index is 11.8. The minimum Gasteiger partial charge on any atom is -0.348 e. The van der Waals surface area contributed by atoms with Gasteiger partial charge in [-0.25, -0.2) is 4.98 Å². The summed E-state index contributed by atoms with van der Waals surface area (Å²) in [5.41, 5.74) is 0. The van der Waals surface area contributed by atoms with Gasteiger partial charge in [0.1, 0.15) is 5.82 Å². The molecule has 1 unspecified atom stereocenters. The molecule has 0 saturated carbocycles. The van der Waals surface area contributed by atoms with Crippen molar-refractivity contribution in [1.82, 2.24) is 20.5 Å². The van der Waals surface area contributed by atoms with Crippen LogP contribution in [0.5, 0.6) is 0 Å². The van der Waals surface area contributed by atoms with Crippen LogP contribution in [0.15, 0.2) is 0 Å². The Bertz CT molecular complexity index is 398. The zero-order chi connectivity index (χ0) is 12.3. The number of H-pyrrole nitrogens is 1. The molecule has 1 aromatic heterocycles. The number of carbonyl (C=O) groups is 1. The highest BCUT2D eigenvalue weighted by Gasteiger charge is 2.30. The molecular formula is C11H18N4OS. The Morgan fingerprint density at radius 2 is 2.47 bits per heavy atom. The smallest absolute Gasteiger partial charge is 0.291 e. The summed E-state index contributed by atoms with van der Waals surface area (Å²) in [7, 11) is 0. The standard InChI is InChI=1S/C11H18N4OS/c1-3-8-13-9(15-14-8)10(16)12-7-11(2)5-4-6-17-11/h3-7H2,1-2H3,(H,12,16)(H,13,14,15). The zero-order valence-corrected chi connectivity index (χ0v) is 11.1. The van der Waals surface area contributed by atoms with E-state index in [1.54, 1.807) is 0 Å². The largest absolute Gasteiger partial charge is 0.348 e. The van der Waals surface area contributed by atoms with E-state index in [-0.39, 0.29) is 16.5 Å². The first-order valence-corrected chi connectivity index (χ1v) is 6.95. The van der Waals surface area contributed by atoms with Gasteiger partial charge in [-0.05, 0) is 25.5 Å². The van der Waals surface area contributed by atoms with Crippen molar-refractivity contribution < 1.29 is 4.79 Å². The van der Waals surface area contributed by atoms with Crippen molar-refractivity contribution in [2.45, 2.75) is 37.9 Å². The van der Waals surface area contributed by atoms with Gasteiger partial charge in [-0.15, -0.1) is 5.10 Å². The lowest BCUT2D eigenvalue weighted by Gasteiger charge is -2.22. The number of nitrogens with one attached hydrogen (secondary N) is 2. The molecule has 1 aliphatic rings. The summed E-state index contributed by atoms with van der Waals surface area (Å²) >= 11 is 1.93. The van der Waals surface area contributed by atoms with Crippen LogP contribution >= 0.6 is 11.8 Å². The third-order valence-electron chi connectivity index (χ3n) is 2.99. The van der Waals surface area contributed by atoms with Crippen LogP contribution in [0.3, 0.4) is 0 Å². The molecule has 2 rings (SSSR count). The topological polar surface area (TPSA) is 70.7 Å². The van der Waals surface area contributed by atoms with E-state index in [1.165, 1.54) is 12.2 Å². The van der Waals surface area contributed by atoms with Crippen LogP contribution in [0.25, 0.3) is 0 Å². The molecule has 1 aliphatic heterocycles. The van der Waals surface area contributed by atoms with E-state index in [0.29, 0.717) is 6.54 Å². The van der Waals surface area contributed by atoms with Crippen LogP contribution in [0.4, 0.5) is 0 Å². The van der Waals surface area contributed by atoms with Crippen LogP contribution in [0, 0.1) is 0 Å². The summed E-state index contributed by atoms with van der Waals surface area (Å²) in [6, 6.07) is 0. The van der Waals surface area contributed by atoms with E-state index in [0.717, 1.165) is 18.7 Å². The molecule has 1 saturated heterocycles. The van der Waals surface area contributed by atoms with Crippen LogP contribution < -0.4 is 5.32 Å². The summed E-state index contributed by atoms with van der Waals surface area (Å²) in [6.45, 7) is 4.85. The number of hydrogen-bond donors (Lipinski definition) is 2. The molecule has 0 spiro atoms. The van der Waals surface area contributed by atoms with Gasteiger partial charge in [-0.2, -0.15) is 11.8 Å². The maximum Gasteiger partial charge on any atom is 0.291 e. The second kappa shape index (κ2) is 5.08. The molecule has 5 nitrogen and oxygen atoms in total. The van der Waals surface area contributed by atoms with Gasteiger partial charge in [0.2, 0.25) is 5.82 Å². The zero-order valence-electron chi connectivity index (χ0n) is 10.2. The van der Waals surface area contributed by atoms with Crippen molar-refractivity contribution in [2.75, 3.05) is 12.3 Å². The first-order chi connectivity index (χ1) is 8.13. The van der Waals surface area contributed by atoms with Gasteiger partial charge in [0.25, 0.3) is 5.91 Å². The minimum absolute atomic E-state index is 0.180. The van der Waals surface area contributed by atoms with Crippen LogP contribution in [0.2, 0.25) is 0 Å². The minimum atomic E-state index is -0.185. The summed E-state index contributed by atoms with van der Waals surface area (Å²) < 4.78 is 0.180. The van der Waals surface area contributed by atoms with Gasteiger partial charge < -0.3 is 5.32 Å². The summed E-state index contributed by atoms with van der Waals surface area (Å²) in [6.07, 6.45) is 3.15. The van der Waals surface area contributed by atoms with Crippen LogP contribution in [-0.4, -0.2) is 38.1 Å². The van der Waals surface area contributed by atoms with Crippen molar-refractivity contribution in [2.24, 2.45) is 0 Å². The molecule has 94 valence electrons. The SMILES string of the molecule is CCc1nc(C(=O)NCC2(C)CCCS2)n[nH]1. The first-order valence-electron chi connectivity index (χ1n) is 5.96. The van der Waals surface area contributed by atoms with Gasteiger partial charge in [0, 0.05) is 17.7 Å². The monoisotopic (exact) mass is 254 g/mol. The predicted octanol–water partition coefficient (Wildman–Crippen LogP) is 1.38. The molecule has 1 atom stereocenters. The Balaban J connectivity index is 1.88. The lowest BCUT2D eigenvalue weighted by atomic mass is 10.1. The van der Waals surface area contributed by atoms with Crippen molar-refractivity contribution in [3.8, 4) is 0 Å². The van der Waals surface area contributed by atoms with E-state index in [9.17, 15) is 4.79 Å².